The van der Waals surface area contributed by atoms with Crippen molar-refractivity contribution in [3.05, 3.63) is 75.8 Å². The second kappa shape index (κ2) is 7.28. The van der Waals surface area contributed by atoms with Crippen LogP contribution in [0.15, 0.2) is 59.6 Å². The van der Waals surface area contributed by atoms with Crippen LogP contribution in [0.5, 0.6) is 0 Å². The molecule has 122 valence electrons. The standard InChI is InChI=1S/C17H14N2O5/c1-11(13-8-5-9-14(10-13)19(23)24)15(17(21)22)18-16(20)12-6-3-2-4-7-12/h2-11H,1H3,(H,21,22). The van der Waals surface area contributed by atoms with E-state index in [2.05, 4.69) is 4.99 Å². The highest BCUT2D eigenvalue weighted by molar-refractivity contribution is 6.39. The van der Waals surface area contributed by atoms with Gasteiger partial charge < -0.3 is 5.11 Å². The Kier molecular flexibility index (Phi) is 5.16. The average molecular weight is 326 g/mol. The van der Waals surface area contributed by atoms with Crippen LogP contribution in [0.25, 0.3) is 0 Å². The van der Waals surface area contributed by atoms with Gasteiger partial charge in [-0.1, -0.05) is 37.3 Å². The van der Waals surface area contributed by atoms with Gasteiger partial charge in [-0.2, -0.15) is 0 Å². The van der Waals surface area contributed by atoms with Gasteiger partial charge in [-0.25, -0.2) is 9.79 Å². The Morgan fingerprint density at radius 2 is 1.79 bits per heavy atom. The number of nitro benzene ring substituents is 1. The molecule has 7 heteroatoms. The summed E-state index contributed by atoms with van der Waals surface area (Å²) in [5.41, 5.74) is 0.136. The Morgan fingerprint density at radius 3 is 2.38 bits per heavy atom. The van der Waals surface area contributed by atoms with Gasteiger partial charge in [0, 0.05) is 23.6 Å². The quantitative estimate of drug-likeness (QED) is 0.516. The zero-order chi connectivity index (χ0) is 17.7. The first-order valence-electron chi connectivity index (χ1n) is 7.05. The topological polar surface area (TPSA) is 110 Å². The van der Waals surface area contributed by atoms with Crippen molar-refractivity contribution < 1.29 is 19.6 Å². The number of amides is 1. The van der Waals surface area contributed by atoms with Crippen molar-refractivity contribution in [3.8, 4) is 0 Å². The molecular formula is C17H14N2O5. The summed E-state index contributed by atoms with van der Waals surface area (Å²) in [6, 6.07) is 13.7. The number of benzene rings is 2. The highest BCUT2D eigenvalue weighted by atomic mass is 16.6. The molecule has 1 unspecified atom stereocenters. The summed E-state index contributed by atoms with van der Waals surface area (Å²) in [7, 11) is 0. The van der Waals surface area contributed by atoms with Crippen molar-refractivity contribution in [3.63, 3.8) is 0 Å². The summed E-state index contributed by atoms with van der Waals surface area (Å²) < 4.78 is 0. The smallest absolute Gasteiger partial charge is 0.351 e. The highest BCUT2D eigenvalue weighted by Gasteiger charge is 2.23. The van der Waals surface area contributed by atoms with E-state index in [0.717, 1.165) is 0 Å². The van der Waals surface area contributed by atoms with E-state index in [1.807, 2.05) is 0 Å². The van der Waals surface area contributed by atoms with Gasteiger partial charge in [0.2, 0.25) is 0 Å². The molecular weight excluding hydrogens is 312 g/mol. The van der Waals surface area contributed by atoms with Gasteiger partial charge in [-0.05, 0) is 17.7 Å². The monoisotopic (exact) mass is 326 g/mol. The molecule has 0 aliphatic carbocycles. The van der Waals surface area contributed by atoms with E-state index in [1.54, 1.807) is 24.3 Å². The second-order valence-corrected chi connectivity index (χ2v) is 5.05. The summed E-state index contributed by atoms with van der Waals surface area (Å²) in [5.74, 6) is -2.81. The maximum atomic E-state index is 12.1. The van der Waals surface area contributed by atoms with Gasteiger partial charge >= 0.3 is 5.97 Å². The molecule has 24 heavy (non-hydrogen) atoms. The number of hydrogen-bond donors (Lipinski definition) is 1. The molecule has 1 atom stereocenters. The predicted molar refractivity (Wildman–Crippen MR) is 87.4 cm³/mol. The predicted octanol–water partition coefficient (Wildman–Crippen LogP) is 3.06. The number of hydrogen-bond acceptors (Lipinski definition) is 4. The van der Waals surface area contributed by atoms with E-state index in [1.165, 1.54) is 37.3 Å². The number of nitrogens with zero attached hydrogens (tertiary/aromatic N) is 2. The van der Waals surface area contributed by atoms with E-state index in [9.17, 15) is 24.8 Å². The van der Waals surface area contributed by atoms with Crippen LogP contribution < -0.4 is 0 Å². The lowest BCUT2D eigenvalue weighted by Crippen LogP contribution is -2.22. The van der Waals surface area contributed by atoms with Crippen LogP contribution >= 0.6 is 0 Å². The SMILES string of the molecule is CC(C(=NC(=O)c1ccccc1)C(=O)O)c1cccc([N+](=O)[O-])c1. The minimum Gasteiger partial charge on any atom is -0.477 e. The Balaban J connectivity index is 2.38. The molecule has 1 amide bonds. The normalized spacial score (nSPS) is 12.5. The number of carbonyl (C=O) groups is 2. The summed E-state index contributed by atoms with van der Waals surface area (Å²) in [6.07, 6.45) is 0. The molecule has 0 radical (unpaired) electrons. The molecule has 0 aromatic heterocycles. The average Bonchev–Trinajstić information content (AvgIpc) is 2.59. The first-order chi connectivity index (χ1) is 11.4. The zero-order valence-corrected chi connectivity index (χ0v) is 12.7. The van der Waals surface area contributed by atoms with Crippen molar-refractivity contribution in [1.82, 2.24) is 0 Å². The molecule has 0 aliphatic heterocycles. The number of nitro groups is 1. The second-order valence-electron chi connectivity index (χ2n) is 5.05. The largest absolute Gasteiger partial charge is 0.477 e. The van der Waals surface area contributed by atoms with Crippen molar-refractivity contribution >= 4 is 23.3 Å². The first-order valence-corrected chi connectivity index (χ1v) is 7.05. The molecule has 7 nitrogen and oxygen atoms in total. The number of carbonyl (C=O) groups excluding carboxylic acids is 1. The summed E-state index contributed by atoms with van der Waals surface area (Å²) in [5, 5.41) is 20.2. The van der Waals surface area contributed by atoms with Crippen LogP contribution in [0.4, 0.5) is 5.69 Å². The number of non-ortho nitro benzene ring substituents is 1. The number of carboxylic acids is 1. The summed E-state index contributed by atoms with van der Waals surface area (Å²) in [4.78, 5) is 37.6. The lowest BCUT2D eigenvalue weighted by molar-refractivity contribution is -0.384. The number of carboxylic acid groups (broad SMARTS) is 1. The lowest BCUT2D eigenvalue weighted by atomic mass is 9.95. The Hall–Kier alpha value is -3.35. The lowest BCUT2D eigenvalue weighted by Gasteiger charge is -2.11. The molecule has 0 heterocycles. The first kappa shape index (κ1) is 17.0. The third kappa shape index (κ3) is 3.89. The molecule has 0 saturated carbocycles. The molecule has 0 fully saturated rings. The van der Waals surface area contributed by atoms with Crippen molar-refractivity contribution in [2.75, 3.05) is 0 Å². The van der Waals surface area contributed by atoms with Gasteiger partial charge in [0.15, 0.2) is 0 Å². The van der Waals surface area contributed by atoms with E-state index in [4.69, 9.17) is 0 Å². The van der Waals surface area contributed by atoms with Gasteiger partial charge in [-0.3, -0.25) is 14.9 Å². The van der Waals surface area contributed by atoms with Crippen LogP contribution in [-0.2, 0) is 4.79 Å². The van der Waals surface area contributed by atoms with Crippen LogP contribution in [0, 0.1) is 10.1 Å². The van der Waals surface area contributed by atoms with Gasteiger partial charge in [-0.15, -0.1) is 0 Å². The molecule has 0 saturated heterocycles. The van der Waals surface area contributed by atoms with Crippen LogP contribution in [0.3, 0.4) is 0 Å². The van der Waals surface area contributed by atoms with Crippen LogP contribution in [-0.4, -0.2) is 27.6 Å². The van der Waals surface area contributed by atoms with E-state index >= 15 is 0 Å². The molecule has 0 aliphatic rings. The van der Waals surface area contributed by atoms with Crippen LogP contribution in [0.2, 0.25) is 0 Å². The molecule has 2 rings (SSSR count). The third-order valence-corrected chi connectivity index (χ3v) is 3.45. The Bertz CT molecular complexity index is 815. The number of aliphatic imine (C=N–C) groups is 1. The van der Waals surface area contributed by atoms with Crippen molar-refractivity contribution in [2.24, 2.45) is 4.99 Å². The number of aliphatic carboxylic acids is 1. The summed E-state index contributed by atoms with van der Waals surface area (Å²) in [6.45, 7) is 1.53. The summed E-state index contributed by atoms with van der Waals surface area (Å²) >= 11 is 0. The van der Waals surface area contributed by atoms with Gasteiger partial charge in [0.1, 0.15) is 5.71 Å². The molecule has 0 spiro atoms. The zero-order valence-electron chi connectivity index (χ0n) is 12.7. The van der Waals surface area contributed by atoms with Crippen molar-refractivity contribution in [1.29, 1.82) is 0 Å². The fraction of sp³-hybridized carbons (Fsp3) is 0.118. The van der Waals surface area contributed by atoms with E-state index in [-0.39, 0.29) is 17.0 Å². The van der Waals surface area contributed by atoms with Gasteiger partial charge in [0.05, 0.1) is 4.92 Å². The van der Waals surface area contributed by atoms with E-state index < -0.39 is 22.7 Å². The molecule has 2 aromatic carbocycles. The van der Waals surface area contributed by atoms with E-state index in [0.29, 0.717) is 5.56 Å². The Morgan fingerprint density at radius 1 is 1.12 bits per heavy atom. The number of rotatable bonds is 5. The maximum absolute atomic E-state index is 12.1. The van der Waals surface area contributed by atoms with Crippen molar-refractivity contribution in [2.45, 2.75) is 12.8 Å². The highest BCUT2D eigenvalue weighted by Crippen LogP contribution is 2.22. The van der Waals surface area contributed by atoms with Crippen LogP contribution in [0.1, 0.15) is 28.8 Å². The minimum absolute atomic E-state index is 0.154. The third-order valence-electron chi connectivity index (χ3n) is 3.45. The molecule has 1 N–H and O–H groups in total. The fourth-order valence-electron chi connectivity index (χ4n) is 2.15. The minimum atomic E-state index is -1.35. The molecule has 0 bridgehead atoms. The fourth-order valence-corrected chi connectivity index (χ4v) is 2.15. The van der Waals surface area contributed by atoms with Gasteiger partial charge in [0.25, 0.3) is 11.6 Å². The Labute approximate surface area is 137 Å². The maximum Gasteiger partial charge on any atom is 0.351 e. The molecule has 2 aromatic rings.